The Morgan fingerprint density at radius 2 is 2.11 bits per heavy atom. The average Bonchev–Trinajstić information content (AvgIpc) is 3.12. The van der Waals surface area contributed by atoms with Crippen molar-refractivity contribution >= 4 is 11.7 Å². The number of nitrogens with zero attached hydrogens (tertiary/aromatic N) is 2. The van der Waals surface area contributed by atoms with E-state index in [0.717, 1.165) is 17.7 Å². The number of aromatic nitrogens is 1. The summed E-state index contributed by atoms with van der Waals surface area (Å²) in [4.78, 5) is 17.2. The van der Waals surface area contributed by atoms with Gasteiger partial charge in [0.25, 0.3) is 0 Å². The number of hydrogen-bond acceptors (Lipinski definition) is 5. The molecule has 0 spiro atoms. The summed E-state index contributed by atoms with van der Waals surface area (Å²) in [6.45, 7) is 6.89. The molecule has 1 saturated heterocycles. The molecule has 2 atom stereocenters. The maximum absolute atomic E-state index is 14.6. The first kappa shape index (κ1) is 19.9. The van der Waals surface area contributed by atoms with Crippen molar-refractivity contribution in [1.82, 2.24) is 10.3 Å². The van der Waals surface area contributed by atoms with Crippen molar-refractivity contribution in [2.45, 2.75) is 39.3 Å². The average molecular weight is 387 g/mol. The highest BCUT2D eigenvalue weighted by molar-refractivity contribution is 5.73. The minimum Gasteiger partial charge on any atom is -0.491 e. The van der Waals surface area contributed by atoms with Gasteiger partial charge in [-0.05, 0) is 31.5 Å². The van der Waals surface area contributed by atoms with Gasteiger partial charge < -0.3 is 19.7 Å². The Labute approximate surface area is 164 Å². The van der Waals surface area contributed by atoms with E-state index in [1.165, 1.54) is 13.0 Å². The molecule has 0 aliphatic carbocycles. The lowest BCUT2D eigenvalue weighted by Gasteiger charge is -2.20. The van der Waals surface area contributed by atoms with Crippen LogP contribution in [0.4, 0.5) is 10.2 Å². The molecule has 0 unspecified atom stereocenters. The van der Waals surface area contributed by atoms with Crippen molar-refractivity contribution in [2.75, 3.05) is 24.6 Å². The standard InChI is InChI=1S/C21H26FN3O3/c1-4-27-19-9-11-23-21(20(19)22)25-12-10-18(13-25)28-17-7-5-16(6-8-17)14(2)24-15(3)26/h5-9,11,14,18H,4,10,12-13H2,1-3H3,(H,24,26)/t14-,18+/m0/s1. The number of carbonyl (C=O) groups excluding carboxylic acids is 1. The second-order valence-corrected chi connectivity index (χ2v) is 6.85. The predicted octanol–water partition coefficient (Wildman–Crippen LogP) is 3.47. The second kappa shape index (κ2) is 8.91. The molecule has 1 fully saturated rings. The van der Waals surface area contributed by atoms with Gasteiger partial charge in [0, 0.05) is 32.2 Å². The van der Waals surface area contributed by atoms with Crippen LogP contribution in [0.5, 0.6) is 11.5 Å². The van der Waals surface area contributed by atoms with E-state index < -0.39 is 5.82 Å². The third-order valence-corrected chi connectivity index (χ3v) is 4.68. The molecule has 0 bridgehead atoms. The minimum atomic E-state index is -0.429. The van der Waals surface area contributed by atoms with E-state index in [0.29, 0.717) is 25.5 Å². The van der Waals surface area contributed by atoms with Crippen molar-refractivity contribution in [1.29, 1.82) is 0 Å². The third-order valence-electron chi connectivity index (χ3n) is 4.68. The summed E-state index contributed by atoms with van der Waals surface area (Å²) in [5.41, 5.74) is 1.01. The van der Waals surface area contributed by atoms with Crippen molar-refractivity contribution in [3.63, 3.8) is 0 Å². The molecule has 1 aromatic heterocycles. The van der Waals surface area contributed by atoms with Crippen LogP contribution in [0.25, 0.3) is 0 Å². The molecule has 1 N–H and O–H groups in total. The molecule has 1 aromatic carbocycles. The van der Waals surface area contributed by atoms with E-state index in [1.807, 2.05) is 43.0 Å². The number of halogens is 1. The molecule has 2 heterocycles. The zero-order valence-electron chi connectivity index (χ0n) is 16.4. The van der Waals surface area contributed by atoms with Crippen molar-refractivity contribution in [2.24, 2.45) is 0 Å². The van der Waals surface area contributed by atoms with Gasteiger partial charge >= 0.3 is 0 Å². The zero-order valence-corrected chi connectivity index (χ0v) is 16.4. The van der Waals surface area contributed by atoms with Crippen LogP contribution in [0.15, 0.2) is 36.5 Å². The first-order chi connectivity index (χ1) is 13.5. The number of nitrogens with one attached hydrogen (secondary N) is 1. The van der Waals surface area contributed by atoms with Gasteiger partial charge in [-0.2, -0.15) is 4.39 Å². The quantitative estimate of drug-likeness (QED) is 0.788. The third kappa shape index (κ3) is 4.71. The van der Waals surface area contributed by atoms with Crippen LogP contribution < -0.4 is 19.7 Å². The summed E-state index contributed by atoms with van der Waals surface area (Å²) in [6, 6.07) is 9.15. The normalized spacial score (nSPS) is 17.3. The molecule has 1 aliphatic rings. The van der Waals surface area contributed by atoms with Crippen LogP contribution in [-0.2, 0) is 4.79 Å². The molecule has 0 saturated carbocycles. The number of hydrogen-bond donors (Lipinski definition) is 1. The SMILES string of the molecule is CCOc1ccnc(N2CC[C@@H](Oc3ccc([C@H](C)NC(C)=O)cc3)C2)c1F. The summed E-state index contributed by atoms with van der Waals surface area (Å²) < 4.78 is 25.9. The van der Waals surface area contributed by atoms with E-state index in [1.54, 1.807) is 6.20 Å². The van der Waals surface area contributed by atoms with E-state index >= 15 is 0 Å². The largest absolute Gasteiger partial charge is 0.491 e. The highest BCUT2D eigenvalue weighted by Crippen LogP contribution is 2.29. The topological polar surface area (TPSA) is 63.7 Å². The van der Waals surface area contributed by atoms with E-state index in [9.17, 15) is 9.18 Å². The van der Waals surface area contributed by atoms with Gasteiger partial charge in [-0.3, -0.25) is 4.79 Å². The molecule has 1 aliphatic heterocycles. The van der Waals surface area contributed by atoms with Crippen LogP contribution in [0.1, 0.15) is 38.8 Å². The molecular formula is C21H26FN3O3. The molecule has 28 heavy (non-hydrogen) atoms. The molecule has 6 nitrogen and oxygen atoms in total. The highest BCUT2D eigenvalue weighted by atomic mass is 19.1. The fourth-order valence-electron chi connectivity index (χ4n) is 3.34. The molecule has 7 heteroatoms. The number of pyridine rings is 1. The van der Waals surface area contributed by atoms with Crippen LogP contribution in [0.2, 0.25) is 0 Å². The Morgan fingerprint density at radius 1 is 1.36 bits per heavy atom. The zero-order chi connectivity index (χ0) is 20.1. The first-order valence-electron chi connectivity index (χ1n) is 9.54. The Morgan fingerprint density at radius 3 is 2.79 bits per heavy atom. The van der Waals surface area contributed by atoms with Gasteiger partial charge in [-0.25, -0.2) is 4.98 Å². The van der Waals surface area contributed by atoms with Gasteiger partial charge in [0.05, 0.1) is 19.2 Å². The summed E-state index contributed by atoms with van der Waals surface area (Å²) in [5.74, 6) is 0.786. The molecule has 3 rings (SSSR count). The van der Waals surface area contributed by atoms with Crippen molar-refractivity contribution in [3.8, 4) is 11.5 Å². The van der Waals surface area contributed by atoms with Gasteiger partial charge in [0.15, 0.2) is 11.6 Å². The monoisotopic (exact) mass is 387 g/mol. The van der Waals surface area contributed by atoms with Gasteiger partial charge in [0.1, 0.15) is 11.9 Å². The van der Waals surface area contributed by atoms with Gasteiger partial charge in [-0.15, -0.1) is 0 Å². The number of rotatable bonds is 7. The number of amides is 1. The summed E-state index contributed by atoms with van der Waals surface area (Å²) in [5, 5.41) is 2.86. The Bertz CT molecular complexity index is 813. The molecule has 150 valence electrons. The summed E-state index contributed by atoms with van der Waals surface area (Å²) >= 11 is 0. The molecule has 0 radical (unpaired) electrons. The lowest BCUT2D eigenvalue weighted by Crippen LogP contribution is -2.26. The predicted molar refractivity (Wildman–Crippen MR) is 105 cm³/mol. The van der Waals surface area contributed by atoms with Gasteiger partial charge in [-0.1, -0.05) is 12.1 Å². The van der Waals surface area contributed by atoms with Crippen molar-refractivity contribution in [3.05, 3.63) is 47.9 Å². The van der Waals surface area contributed by atoms with Gasteiger partial charge in [0.2, 0.25) is 11.7 Å². The number of carbonyl (C=O) groups is 1. The lowest BCUT2D eigenvalue weighted by atomic mass is 10.1. The number of benzene rings is 1. The van der Waals surface area contributed by atoms with Crippen LogP contribution >= 0.6 is 0 Å². The van der Waals surface area contributed by atoms with Crippen LogP contribution in [0.3, 0.4) is 0 Å². The van der Waals surface area contributed by atoms with E-state index in [4.69, 9.17) is 9.47 Å². The first-order valence-corrected chi connectivity index (χ1v) is 9.54. The number of ether oxygens (including phenoxy) is 2. The lowest BCUT2D eigenvalue weighted by molar-refractivity contribution is -0.119. The van der Waals surface area contributed by atoms with Crippen molar-refractivity contribution < 1.29 is 18.7 Å². The fraction of sp³-hybridized carbons (Fsp3) is 0.429. The maximum atomic E-state index is 14.6. The van der Waals surface area contributed by atoms with Crippen LogP contribution in [0, 0.1) is 5.82 Å². The Kier molecular flexibility index (Phi) is 6.34. The smallest absolute Gasteiger partial charge is 0.217 e. The second-order valence-electron chi connectivity index (χ2n) is 6.85. The van der Waals surface area contributed by atoms with E-state index in [-0.39, 0.29) is 23.8 Å². The Hall–Kier alpha value is -2.83. The van der Waals surface area contributed by atoms with E-state index in [2.05, 4.69) is 10.3 Å². The maximum Gasteiger partial charge on any atom is 0.217 e. The molecule has 1 amide bonds. The van der Waals surface area contributed by atoms with Crippen LogP contribution in [-0.4, -0.2) is 36.7 Å². The minimum absolute atomic E-state index is 0.0458. The summed E-state index contributed by atoms with van der Waals surface area (Å²) in [6.07, 6.45) is 2.30. The molecule has 2 aromatic rings. The summed E-state index contributed by atoms with van der Waals surface area (Å²) in [7, 11) is 0. The Balaban J connectivity index is 1.61. The molecular weight excluding hydrogens is 361 g/mol. The number of anilines is 1. The highest BCUT2D eigenvalue weighted by Gasteiger charge is 2.28. The fourth-order valence-corrected chi connectivity index (χ4v) is 3.34.